The SMILES string of the molecule is O=C(c1ccc(CO)cc1)c1cc2ccc3ccc4c(C(=O)c5ccc6ccccc6c5)cc5ccc6ccc1c1c6c5c4c3c21. The van der Waals surface area contributed by atoms with Crippen molar-refractivity contribution in [3.05, 3.63) is 155 Å². The third kappa shape index (κ3) is 3.30. The zero-order valence-electron chi connectivity index (χ0n) is 24.6. The van der Waals surface area contributed by atoms with Crippen molar-refractivity contribution in [1.82, 2.24) is 0 Å². The number of aliphatic hydroxyl groups is 1. The van der Waals surface area contributed by atoms with Crippen LogP contribution in [0, 0.1) is 0 Å². The second-order valence-corrected chi connectivity index (χ2v) is 12.4. The van der Waals surface area contributed by atoms with Crippen LogP contribution in [0.4, 0.5) is 0 Å². The molecule has 10 aromatic rings. The fourth-order valence-corrected chi connectivity index (χ4v) is 7.86. The first-order valence-corrected chi connectivity index (χ1v) is 15.5. The van der Waals surface area contributed by atoms with E-state index >= 15 is 0 Å². The van der Waals surface area contributed by atoms with E-state index in [9.17, 15) is 14.7 Å². The molecule has 0 aliphatic rings. The molecule has 0 unspecified atom stereocenters. The van der Waals surface area contributed by atoms with Crippen LogP contribution in [-0.4, -0.2) is 16.7 Å². The molecule has 0 aromatic heterocycles. The molecule has 0 aliphatic heterocycles. The van der Waals surface area contributed by atoms with Gasteiger partial charge in [0.2, 0.25) is 0 Å². The van der Waals surface area contributed by atoms with Crippen molar-refractivity contribution < 1.29 is 14.7 Å². The molecule has 3 nitrogen and oxygen atoms in total. The first-order valence-electron chi connectivity index (χ1n) is 15.5. The van der Waals surface area contributed by atoms with Gasteiger partial charge in [-0.2, -0.15) is 0 Å². The zero-order chi connectivity index (χ0) is 30.7. The Morgan fingerprint density at radius 3 is 1.46 bits per heavy atom. The molecule has 10 aromatic carbocycles. The van der Waals surface area contributed by atoms with Crippen LogP contribution in [0.15, 0.2) is 127 Å². The van der Waals surface area contributed by atoms with Crippen LogP contribution in [0.1, 0.15) is 37.4 Å². The molecular formula is C43H24O3. The summed E-state index contributed by atoms with van der Waals surface area (Å²) in [7, 11) is 0. The van der Waals surface area contributed by atoms with Gasteiger partial charge in [-0.3, -0.25) is 9.59 Å². The van der Waals surface area contributed by atoms with E-state index in [-0.39, 0.29) is 18.2 Å². The zero-order valence-corrected chi connectivity index (χ0v) is 24.6. The van der Waals surface area contributed by atoms with Crippen LogP contribution in [0.25, 0.3) is 75.4 Å². The lowest BCUT2D eigenvalue weighted by Crippen LogP contribution is -2.05. The number of hydrogen-bond donors (Lipinski definition) is 1. The second-order valence-electron chi connectivity index (χ2n) is 12.4. The lowest BCUT2D eigenvalue weighted by Gasteiger charge is -2.23. The average Bonchev–Trinajstić information content (AvgIpc) is 3.12. The monoisotopic (exact) mass is 588 g/mol. The van der Waals surface area contributed by atoms with Crippen molar-refractivity contribution in [2.24, 2.45) is 0 Å². The minimum Gasteiger partial charge on any atom is -0.392 e. The highest BCUT2D eigenvalue weighted by Gasteiger charge is 2.26. The first-order chi connectivity index (χ1) is 22.6. The standard InChI is InChI=1S/C43H24O3/c44-22-23-5-7-27(8-6-23)42(45)34-20-29-12-10-26-16-18-33-35(43(46)31-14-9-24-3-1-2-4-28(24)19-31)21-30-13-11-25-15-17-32(34)40-36(25)39(30)41(33)37(26)38(29)40/h1-21,44H,22H2. The van der Waals surface area contributed by atoms with E-state index in [0.717, 1.165) is 81.0 Å². The average molecular weight is 589 g/mol. The summed E-state index contributed by atoms with van der Waals surface area (Å²) in [6.07, 6.45) is 0. The van der Waals surface area contributed by atoms with Crippen molar-refractivity contribution in [3.8, 4) is 0 Å². The van der Waals surface area contributed by atoms with Gasteiger partial charge in [-0.15, -0.1) is 0 Å². The van der Waals surface area contributed by atoms with E-state index in [4.69, 9.17) is 0 Å². The molecule has 214 valence electrons. The smallest absolute Gasteiger partial charge is 0.193 e. The quantitative estimate of drug-likeness (QED) is 0.124. The lowest BCUT2D eigenvalue weighted by molar-refractivity contribution is 0.103. The van der Waals surface area contributed by atoms with E-state index < -0.39 is 0 Å². The second kappa shape index (κ2) is 9.07. The van der Waals surface area contributed by atoms with Crippen LogP contribution in [0.3, 0.4) is 0 Å². The van der Waals surface area contributed by atoms with Crippen molar-refractivity contribution in [2.45, 2.75) is 6.61 Å². The van der Waals surface area contributed by atoms with E-state index in [1.807, 2.05) is 42.5 Å². The molecule has 10 rings (SSSR count). The van der Waals surface area contributed by atoms with Crippen LogP contribution in [0.5, 0.6) is 0 Å². The van der Waals surface area contributed by atoms with Gasteiger partial charge in [0.25, 0.3) is 0 Å². The molecule has 0 aliphatic carbocycles. The van der Waals surface area contributed by atoms with Gasteiger partial charge in [-0.05, 0) is 99.2 Å². The van der Waals surface area contributed by atoms with Crippen molar-refractivity contribution in [2.75, 3.05) is 0 Å². The maximum Gasteiger partial charge on any atom is 0.193 e. The Morgan fingerprint density at radius 1 is 0.413 bits per heavy atom. The summed E-state index contributed by atoms with van der Waals surface area (Å²) in [5, 5.41) is 24.5. The Labute approximate surface area is 262 Å². The summed E-state index contributed by atoms with van der Waals surface area (Å²) in [6.45, 7) is -0.0636. The van der Waals surface area contributed by atoms with E-state index in [0.29, 0.717) is 22.3 Å². The first kappa shape index (κ1) is 25.4. The molecule has 0 saturated heterocycles. The predicted molar refractivity (Wildman–Crippen MR) is 188 cm³/mol. The lowest BCUT2D eigenvalue weighted by atomic mass is 9.79. The molecule has 0 amide bonds. The molecule has 0 heterocycles. The largest absolute Gasteiger partial charge is 0.392 e. The van der Waals surface area contributed by atoms with Crippen LogP contribution in [-0.2, 0) is 6.61 Å². The van der Waals surface area contributed by atoms with Gasteiger partial charge in [-0.1, -0.05) is 109 Å². The van der Waals surface area contributed by atoms with Gasteiger partial charge < -0.3 is 5.11 Å². The summed E-state index contributed by atoms with van der Waals surface area (Å²) in [5.41, 5.74) is 3.40. The van der Waals surface area contributed by atoms with Crippen LogP contribution in [0.2, 0.25) is 0 Å². The summed E-state index contributed by atoms with van der Waals surface area (Å²) >= 11 is 0. The van der Waals surface area contributed by atoms with Crippen LogP contribution >= 0.6 is 0 Å². The van der Waals surface area contributed by atoms with E-state index in [1.165, 1.54) is 0 Å². The topological polar surface area (TPSA) is 54.4 Å². The van der Waals surface area contributed by atoms with Gasteiger partial charge in [-0.25, -0.2) is 0 Å². The Balaban J connectivity index is 1.30. The number of ketones is 2. The molecule has 3 heteroatoms. The Bertz CT molecular complexity index is 2840. The maximum atomic E-state index is 14.3. The molecular weight excluding hydrogens is 564 g/mol. The van der Waals surface area contributed by atoms with Crippen molar-refractivity contribution in [1.29, 1.82) is 0 Å². The summed E-state index contributed by atoms with van der Waals surface area (Å²) in [6, 6.07) is 42.3. The minimum absolute atomic E-state index is 0.0106. The number of aliphatic hydroxyl groups excluding tert-OH is 1. The molecule has 0 fully saturated rings. The fourth-order valence-electron chi connectivity index (χ4n) is 7.86. The number of rotatable bonds is 5. The summed E-state index contributed by atoms with van der Waals surface area (Å²) < 4.78 is 0. The van der Waals surface area contributed by atoms with Crippen molar-refractivity contribution >= 4 is 87.0 Å². The van der Waals surface area contributed by atoms with Gasteiger partial charge in [0.05, 0.1) is 6.61 Å². The molecule has 46 heavy (non-hydrogen) atoms. The molecule has 0 atom stereocenters. The van der Waals surface area contributed by atoms with Gasteiger partial charge in [0.15, 0.2) is 11.6 Å². The van der Waals surface area contributed by atoms with E-state index in [2.05, 4.69) is 60.7 Å². The summed E-state index contributed by atoms with van der Waals surface area (Å²) in [4.78, 5) is 28.4. The minimum atomic E-state index is -0.0636. The molecule has 0 saturated carbocycles. The summed E-state index contributed by atoms with van der Waals surface area (Å²) in [5.74, 6) is -0.0326. The maximum absolute atomic E-state index is 14.3. The van der Waals surface area contributed by atoms with Crippen molar-refractivity contribution in [3.63, 3.8) is 0 Å². The van der Waals surface area contributed by atoms with Gasteiger partial charge in [0.1, 0.15) is 0 Å². The number of carbonyl (C=O) groups is 2. The number of fused-ring (bicyclic) bond motifs is 1. The highest BCUT2D eigenvalue weighted by molar-refractivity contribution is 6.47. The van der Waals surface area contributed by atoms with E-state index in [1.54, 1.807) is 24.3 Å². The fraction of sp³-hybridized carbons (Fsp3) is 0.0233. The predicted octanol–water partition coefficient (Wildman–Crippen LogP) is 10.0. The van der Waals surface area contributed by atoms with Gasteiger partial charge in [0, 0.05) is 22.3 Å². The number of benzene rings is 10. The van der Waals surface area contributed by atoms with Crippen LogP contribution < -0.4 is 0 Å². The Morgan fingerprint density at radius 2 is 0.870 bits per heavy atom. The number of hydrogen-bond acceptors (Lipinski definition) is 3. The Hall–Kier alpha value is -5.90. The molecule has 1 N–H and O–H groups in total. The highest BCUT2D eigenvalue weighted by Crippen LogP contribution is 2.50. The number of carbonyl (C=O) groups excluding carboxylic acids is 2. The third-order valence-electron chi connectivity index (χ3n) is 10.0. The molecule has 0 radical (unpaired) electrons. The Kier molecular flexibility index (Phi) is 5.01. The third-order valence-corrected chi connectivity index (χ3v) is 10.0. The van der Waals surface area contributed by atoms with Gasteiger partial charge >= 0.3 is 0 Å². The highest BCUT2D eigenvalue weighted by atomic mass is 16.3. The normalized spacial score (nSPS) is 12.3. The molecule has 0 spiro atoms. The molecule has 0 bridgehead atoms.